The van der Waals surface area contributed by atoms with E-state index in [1.54, 1.807) is 42.7 Å². The number of anilines is 1. The normalized spacial score (nSPS) is 10.4. The molecular weight excluding hydrogens is 368 g/mol. The second-order valence-corrected chi connectivity index (χ2v) is 6.79. The van der Waals surface area contributed by atoms with Gasteiger partial charge < -0.3 is 19.4 Å². The van der Waals surface area contributed by atoms with Crippen LogP contribution in [-0.2, 0) is 11.3 Å². The average Bonchev–Trinajstić information content (AvgIpc) is 3.22. The molecule has 1 heterocycles. The van der Waals surface area contributed by atoms with Crippen molar-refractivity contribution in [2.24, 2.45) is 0 Å². The van der Waals surface area contributed by atoms with Gasteiger partial charge in [0.2, 0.25) is 5.91 Å². The number of rotatable bonds is 7. The molecule has 0 aliphatic rings. The largest absolute Gasteiger partial charge is 0.495 e. The van der Waals surface area contributed by atoms with Gasteiger partial charge in [-0.3, -0.25) is 9.59 Å². The van der Waals surface area contributed by atoms with Crippen LogP contribution in [0, 0.1) is 13.8 Å². The van der Waals surface area contributed by atoms with Crippen molar-refractivity contribution < 1.29 is 18.7 Å². The monoisotopic (exact) mass is 392 g/mol. The Labute approximate surface area is 170 Å². The molecule has 0 bridgehead atoms. The third-order valence-electron chi connectivity index (χ3n) is 4.68. The zero-order chi connectivity index (χ0) is 20.8. The Bertz CT molecular complexity index is 996. The molecular formula is C23H24N2O4. The second-order valence-electron chi connectivity index (χ2n) is 6.79. The molecule has 0 saturated heterocycles. The van der Waals surface area contributed by atoms with Crippen molar-refractivity contribution in [1.82, 2.24) is 4.90 Å². The van der Waals surface area contributed by atoms with Gasteiger partial charge in [0.05, 0.1) is 25.6 Å². The van der Waals surface area contributed by atoms with Crippen LogP contribution < -0.4 is 10.1 Å². The average molecular weight is 392 g/mol. The van der Waals surface area contributed by atoms with E-state index >= 15 is 0 Å². The molecule has 0 unspecified atom stereocenters. The van der Waals surface area contributed by atoms with Crippen LogP contribution in [0.15, 0.2) is 65.3 Å². The Kier molecular flexibility index (Phi) is 6.34. The van der Waals surface area contributed by atoms with E-state index in [1.165, 1.54) is 12.0 Å². The first-order chi connectivity index (χ1) is 14.0. The van der Waals surface area contributed by atoms with Crippen molar-refractivity contribution in [3.63, 3.8) is 0 Å². The van der Waals surface area contributed by atoms with Gasteiger partial charge in [-0.1, -0.05) is 18.2 Å². The fourth-order valence-corrected chi connectivity index (χ4v) is 2.96. The Balaban J connectivity index is 1.80. The van der Waals surface area contributed by atoms with Crippen molar-refractivity contribution in [2.45, 2.75) is 20.4 Å². The van der Waals surface area contributed by atoms with E-state index in [-0.39, 0.29) is 24.9 Å². The molecule has 1 N–H and O–H groups in total. The summed E-state index contributed by atoms with van der Waals surface area (Å²) in [5.41, 5.74) is 3.21. The molecule has 0 saturated carbocycles. The lowest BCUT2D eigenvalue weighted by Gasteiger charge is -2.22. The molecule has 6 nitrogen and oxygen atoms in total. The highest BCUT2D eigenvalue weighted by atomic mass is 16.5. The van der Waals surface area contributed by atoms with Gasteiger partial charge in [-0.15, -0.1) is 0 Å². The summed E-state index contributed by atoms with van der Waals surface area (Å²) in [6.07, 6.45) is 1.54. The van der Waals surface area contributed by atoms with Crippen LogP contribution in [0.1, 0.15) is 27.2 Å². The minimum atomic E-state index is -0.321. The molecule has 3 rings (SSSR count). The molecule has 29 heavy (non-hydrogen) atoms. The van der Waals surface area contributed by atoms with Crippen LogP contribution in [0.25, 0.3) is 0 Å². The second kappa shape index (κ2) is 9.10. The van der Waals surface area contributed by atoms with Crippen LogP contribution >= 0.6 is 0 Å². The zero-order valence-electron chi connectivity index (χ0n) is 16.8. The molecule has 3 aromatic rings. The first-order valence-corrected chi connectivity index (χ1v) is 9.29. The summed E-state index contributed by atoms with van der Waals surface area (Å²) in [5, 5.41) is 2.81. The molecule has 0 spiro atoms. The van der Waals surface area contributed by atoms with Gasteiger partial charge in [-0.05, 0) is 61.4 Å². The van der Waals surface area contributed by atoms with E-state index < -0.39 is 0 Å². The quantitative estimate of drug-likeness (QED) is 0.655. The maximum Gasteiger partial charge on any atom is 0.254 e. The van der Waals surface area contributed by atoms with Crippen molar-refractivity contribution in [2.75, 3.05) is 19.0 Å². The van der Waals surface area contributed by atoms with Crippen molar-refractivity contribution in [3.8, 4) is 5.75 Å². The number of nitrogens with one attached hydrogen (secondary N) is 1. The number of hydrogen-bond donors (Lipinski definition) is 1. The number of hydrogen-bond acceptors (Lipinski definition) is 4. The number of carbonyl (C=O) groups is 2. The van der Waals surface area contributed by atoms with Gasteiger partial charge in [0.1, 0.15) is 18.1 Å². The Morgan fingerprint density at radius 2 is 1.83 bits per heavy atom. The highest BCUT2D eigenvalue weighted by molar-refractivity contribution is 6.00. The number of carbonyl (C=O) groups excluding carboxylic acids is 2. The minimum absolute atomic E-state index is 0.121. The van der Waals surface area contributed by atoms with Crippen molar-refractivity contribution in [3.05, 3.63) is 83.3 Å². The van der Waals surface area contributed by atoms with E-state index in [0.717, 1.165) is 11.1 Å². The van der Waals surface area contributed by atoms with Gasteiger partial charge in [0, 0.05) is 5.56 Å². The summed E-state index contributed by atoms with van der Waals surface area (Å²) in [4.78, 5) is 27.3. The SMILES string of the molecule is COc1ccccc1NC(=O)CN(Cc1ccco1)C(=O)c1ccc(C)c(C)c1. The Morgan fingerprint density at radius 3 is 2.52 bits per heavy atom. The summed E-state index contributed by atoms with van der Waals surface area (Å²) in [6.45, 7) is 4.02. The van der Waals surface area contributed by atoms with Gasteiger partial charge >= 0.3 is 0 Å². The fourth-order valence-electron chi connectivity index (χ4n) is 2.96. The predicted octanol–water partition coefficient (Wildman–Crippen LogP) is 4.19. The maximum absolute atomic E-state index is 13.1. The number of methoxy groups -OCH3 is 1. The third-order valence-corrected chi connectivity index (χ3v) is 4.68. The highest BCUT2D eigenvalue weighted by Crippen LogP contribution is 2.23. The molecule has 150 valence electrons. The van der Waals surface area contributed by atoms with E-state index in [2.05, 4.69) is 5.32 Å². The van der Waals surface area contributed by atoms with E-state index in [9.17, 15) is 9.59 Å². The molecule has 2 amide bonds. The molecule has 1 aromatic heterocycles. The van der Waals surface area contributed by atoms with Crippen LogP contribution in [0.3, 0.4) is 0 Å². The Morgan fingerprint density at radius 1 is 1.03 bits per heavy atom. The van der Waals surface area contributed by atoms with Gasteiger partial charge in [0.25, 0.3) is 5.91 Å². The van der Waals surface area contributed by atoms with Gasteiger partial charge in [-0.2, -0.15) is 0 Å². The molecule has 6 heteroatoms. The number of aryl methyl sites for hydroxylation is 2. The molecule has 0 fully saturated rings. The number of furan rings is 1. The van der Waals surface area contributed by atoms with Gasteiger partial charge in [-0.25, -0.2) is 0 Å². The maximum atomic E-state index is 13.1. The van der Waals surface area contributed by atoms with Crippen LogP contribution in [0.5, 0.6) is 5.75 Å². The predicted molar refractivity (Wildman–Crippen MR) is 111 cm³/mol. The summed E-state index contributed by atoms with van der Waals surface area (Å²) >= 11 is 0. The van der Waals surface area contributed by atoms with E-state index in [4.69, 9.17) is 9.15 Å². The minimum Gasteiger partial charge on any atom is -0.495 e. The number of para-hydroxylation sites is 2. The smallest absolute Gasteiger partial charge is 0.254 e. The zero-order valence-corrected chi connectivity index (χ0v) is 16.8. The van der Waals surface area contributed by atoms with Crippen LogP contribution in [-0.4, -0.2) is 30.4 Å². The van der Waals surface area contributed by atoms with E-state index in [1.807, 2.05) is 32.0 Å². The number of nitrogens with zero attached hydrogens (tertiary/aromatic N) is 1. The number of amides is 2. The summed E-state index contributed by atoms with van der Waals surface area (Å²) in [6, 6.07) is 16.2. The lowest BCUT2D eigenvalue weighted by molar-refractivity contribution is -0.117. The molecule has 0 aliphatic heterocycles. The van der Waals surface area contributed by atoms with Gasteiger partial charge in [0.15, 0.2) is 0 Å². The van der Waals surface area contributed by atoms with Crippen molar-refractivity contribution >= 4 is 17.5 Å². The molecule has 0 radical (unpaired) electrons. The van der Waals surface area contributed by atoms with Crippen LogP contribution in [0.4, 0.5) is 5.69 Å². The number of benzene rings is 2. The van der Waals surface area contributed by atoms with Crippen LogP contribution in [0.2, 0.25) is 0 Å². The summed E-state index contributed by atoms with van der Waals surface area (Å²) < 4.78 is 10.7. The molecule has 2 aromatic carbocycles. The van der Waals surface area contributed by atoms with E-state index in [0.29, 0.717) is 22.8 Å². The Hall–Kier alpha value is -3.54. The summed E-state index contributed by atoms with van der Waals surface area (Å²) in [7, 11) is 1.54. The van der Waals surface area contributed by atoms with Crippen molar-refractivity contribution in [1.29, 1.82) is 0 Å². The first-order valence-electron chi connectivity index (χ1n) is 9.29. The highest BCUT2D eigenvalue weighted by Gasteiger charge is 2.21. The lowest BCUT2D eigenvalue weighted by atomic mass is 10.1. The molecule has 0 aliphatic carbocycles. The third kappa shape index (κ3) is 5.04. The topological polar surface area (TPSA) is 71.8 Å². The molecule has 0 atom stereocenters. The standard InChI is InChI=1S/C23H24N2O4/c1-16-10-11-18(13-17(16)2)23(27)25(14-19-7-6-12-29-19)15-22(26)24-20-8-4-5-9-21(20)28-3/h4-13H,14-15H2,1-3H3,(H,24,26). The first kappa shape index (κ1) is 20.2. The number of ether oxygens (including phenoxy) is 1. The lowest BCUT2D eigenvalue weighted by Crippen LogP contribution is -2.37. The summed E-state index contributed by atoms with van der Waals surface area (Å²) in [5.74, 6) is 0.601. The fraction of sp³-hybridized carbons (Fsp3) is 0.217.